The Morgan fingerprint density at radius 2 is 1.95 bits per heavy atom. The van der Waals surface area contributed by atoms with E-state index in [0.29, 0.717) is 18.2 Å². The highest BCUT2D eigenvalue weighted by molar-refractivity contribution is 5.15. The van der Waals surface area contributed by atoms with Crippen LogP contribution in [0.4, 0.5) is 0 Å². The zero-order chi connectivity index (χ0) is 14.5. The van der Waals surface area contributed by atoms with Crippen LogP contribution >= 0.6 is 0 Å². The maximum Gasteiger partial charge on any atom is 0.0858 e. The van der Waals surface area contributed by atoms with E-state index in [9.17, 15) is 0 Å². The second-order valence-electron chi connectivity index (χ2n) is 6.48. The van der Waals surface area contributed by atoms with Gasteiger partial charge in [0.15, 0.2) is 0 Å². The zero-order valence-electron chi connectivity index (χ0n) is 13.1. The first-order chi connectivity index (χ1) is 10.3. The maximum absolute atomic E-state index is 6.25. The Labute approximate surface area is 128 Å². The number of nitrogens with one attached hydrogen (secondary N) is 1. The molecule has 0 spiro atoms. The topological polar surface area (TPSA) is 24.5 Å². The number of benzene rings is 1. The molecule has 3 nitrogen and oxygen atoms in total. The van der Waals surface area contributed by atoms with Gasteiger partial charge in [0.25, 0.3) is 0 Å². The van der Waals surface area contributed by atoms with Gasteiger partial charge in [0.2, 0.25) is 0 Å². The molecule has 1 aromatic carbocycles. The van der Waals surface area contributed by atoms with Gasteiger partial charge >= 0.3 is 0 Å². The largest absolute Gasteiger partial charge is 0.371 e. The van der Waals surface area contributed by atoms with Crippen molar-refractivity contribution in [1.82, 2.24) is 10.2 Å². The second-order valence-corrected chi connectivity index (χ2v) is 6.48. The van der Waals surface area contributed by atoms with Gasteiger partial charge in [-0.25, -0.2) is 0 Å². The van der Waals surface area contributed by atoms with Gasteiger partial charge in [-0.1, -0.05) is 30.3 Å². The lowest BCUT2D eigenvalue weighted by Gasteiger charge is -2.39. The van der Waals surface area contributed by atoms with Crippen LogP contribution in [0.15, 0.2) is 30.3 Å². The molecule has 2 aliphatic heterocycles. The number of rotatable bonds is 5. The monoisotopic (exact) mass is 288 g/mol. The van der Waals surface area contributed by atoms with E-state index in [1.807, 2.05) is 0 Å². The zero-order valence-corrected chi connectivity index (χ0v) is 13.1. The van der Waals surface area contributed by atoms with Gasteiger partial charge in [-0.15, -0.1) is 0 Å². The molecule has 2 saturated heterocycles. The summed E-state index contributed by atoms with van der Waals surface area (Å²) in [4.78, 5) is 2.66. The molecule has 2 fully saturated rings. The molecule has 0 saturated carbocycles. The van der Waals surface area contributed by atoms with Crippen LogP contribution in [0.1, 0.15) is 31.7 Å². The van der Waals surface area contributed by atoms with E-state index >= 15 is 0 Å². The van der Waals surface area contributed by atoms with E-state index in [4.69, 9.17) is 4.74 Å². The minimum atomic E-state index is 0.338. The van der Waals surface area contributed by atoms with Gasteiger partial charge in [-0.05, 0) is 51.3 Å². The Morgan fingerprint density at radius 1 is 1.19 bits per heavy atom. The molecular formula is C18H28N2O. The van der Waals surface area contributed by atoms with Gasteiger partial charge in [0, 0.05) is 19.1 Å². The van der Waals surface area contributed by atoms with Gasteiger partial charge in [0.05, 0.1) is 12.2 Å². The summed E-state index contributed by atoms with van der Waals surface area (Å²) in [5.74, 6) is 0. The Balaban J connectivity index is 1.64. The summed E-state index contributed by atoms with van der Waals surface area (Å²) in [6, 6.07) is 11.4. The lowest BCUT2D eigenvalue weighted by atomic mass is 9.98. The molecule has 2 heterocycles. The SMILES string of the molecule is C[C@@H]1CNC[C@H]([C@H](CCc2ccccc2)N2CCCC2)O1. The standard InChI is InChI=1S/C18H28N2O/c1-15-13-19-14-18(21-15)17(20-11-5-6-12-20)10-9-16-7-3-2-4-8-16/h2-4,7-8,15,17-19H,5-6,9-14H2,1H3/t15-,17+,18-/m1/s1. The van der Waals surface area contributed by atoms with Crippen LogP contribution in [0, 0.1) is 0 Å². The van der Waals surface area contributed by atoms with Crippen LogP contribution in [0.3, 0.4) is 0 Å². The fourth-order valence-electron chi connectivity index (χ4n) is 3.69. The Bertz CT molecular complexity index is 416. The van der Waals surface area contributed by atoms with Crippen molar-refractivity contribution in [1.29, 1.82) is 0 Å². The number of likely N-dealkylation sites (tertiary alicyclic amines) is 1. The average molecular weight is 288 g/mol. The molecule has 116 valence electrons. The third-order valence-electron chi connectivity index (χ3n) is 4.79. The van der Waals surface area contributed by atoms with Crippen LogP contribution < -0.4 is 5.32 Å². The average Bonchev–Trinajstić information content (AvgIpc) is 3.03. The first-order valence-corrected chi connectivity index (χ1v) is 8.47. The Hall–Kier alpha value is -0.900. The van der Waals surface area contributed by atoms with Crippen molar-refractivity contribution in [2.45, 2.75) is 50.9 Å². The number of nitrogens with zero attached hydrogens (tertiary/aromatic N) is 1. The normalized spacial score (nSPS) is 28.6. The number of hydrogen-bond donors (Lipinski definition) is 1. The van der Waals surface area contributed by atoms with Crippen LogP contribution in [-0.2, 0) is 11.2 Å². The lowest BCUT2D eigenvalue weighted by Crippen LogP contribution is -2.54. The molecule has 0 aliphatic carbocycles. The third-order valence-corrected chi connectivity index (χ3v) is 4.79. The molecule has 0 bridgehead atoms. The quantitative estimate of drug-likeness (QED) is 0.901. The van der Waals surface area contributed by atoms with E-state index in [1.54, 1.807) is 0 Å². The third kappa shape index (κ3) is 4.06. The summed E-state index contributed by atoms with van der Waals surface area (Å²) in [5, 5.41) is 3.54. The Kier molecular flexibility index (Phi) is 5.28. The second kappa shape index (κ2) is 7.39. The van der Waals surface area contributed by atoms with Gasteiger partial charge in [-0.2, -0.15) is 0 Å². The fraction of sp³-hybridized carbons (Fsp3) is 0.667. The molecule has 2 aliphatic rings. The maximum atomic E-state index is 6.25. The molecule has 3 heteroatoms. The highest BCUT2D eigenvalue weighted by atomic mass is 16.5. The molecule has 3 rings (SSSR count). The summed E-state index contributed by atoms with van der Waals surface area (Å²) in [7, 11) is 0. The van der Waals surface area contributed by atoms with Crippen molar-refractivity contribution in [2.75, 3.05) is 26.2 Å². The van der Waals surface area contributed by atoms with Crippen molar-refractivity contribution in [2.24, 2.45) is 0 Å². The molecule has 21 heavy (non-hydrogen) atoms. The molecule has 1 aromatic rings. The van der Waals surface area contributed by atoms with Crippen LogP contribution in [0.5, 0.6) is 0 Å². The predicted molar refractivity (Wildman–Crippen MR) is 86.6 cm³/mol. The Morgan fingerprint density at radius 3 is 2.67 bits per heavy atom. The number of morpholine rings is 1. The van der Waals surface area contributed by atoms with E-state index < -0.39 is 0 Å². The highest BCUT2D eigenvalue weighted by Gasteiger charge is 2.32. The van der Waals surface area contributed by atoms with Crippen molar-refractivity contribution in [3.05, 3.63) is 35.9 Å². The van der Waals surface area contributed by atoms with E-state index in [1.165, 1.54) is 37.9 Å². The van der Waals surface area contributed by atoms with Crippen LogP contribution in [-0.4, -0.2) is 49.3 Å². The minimum Gasteiger partial charge on any atom is -0.371 e. The number of aryl methyl sites for hydroxylation is 1. The molecular weight excluding hydrogens is 260 g/mol. The van der Waals surface area contributed by atoms with Crippen molar-refractivity contribution >= 4 is 0 Å². The summed E-state index contributed by atoms with van der Waals surface area (Å²) < 4.78 is 6.25. The molecule has 1 N–H and O–H groups in total. The molecule has 0 unspecified atom stereocenters. The van der Waals surface area contributed by atoms with Gasteiger partial charge in [0.1, 0.15) is 0 Å². The smallest absolute Gasteiger partial charge is 0.0858 e. The summed E-state index contributed by atoms with van der Waals surface area (Å²) >= 11 is 0. The van der Waals surface area contributed by atoms with Crippen molar-refractivity contribution < 1.29 is 4.74 Å². The van der Waals surface area contributed by atoms with Crippen molar-refractivity contribution in [3.8, 4) is 0 Å². The molecule has 0 aromatic heterocycles. The number of hydrogen-bond acceptors (Lipinski definition) is 3. The van der Waals surface area contributed by atoms with Crippen molar-refractivity contribution in [3.63, 3.8) is 0 Å². The van der Waals surface area contributed by atoms with Gasteiger partial charge in [-0.3, -0.25) is 4.90 Å². The first-order valence-electron chi connectivity index (χ1n) is 8.47. The predicted octanol–water partition coefficient (Wildman–Crippen LogP) is 2.46. The molecule has 3 atom stereocenters. The number of ether oxygens (including phenoxy) is 1. The van der Waals surface area contributed by atoms with Crippen LogP contribution in [0.25, 0.3) is 0 Å². The summed E-state index contributed by atoms with van der Waals surface area (Å²) in [6.07, 6.45) is 5.72. The van der Waals surface area contributed by atoms with E-state index in [2.05, 4.69) is 47.5 Å². The summed E-state index contributed by atoms with van der Waals surface area (Å²) in [6.45, 7) is 6.65. The fourth-order valence-corrected chi connectivity index (χ4v) is 3.69. The lowest BCUT2D eigenvalue weighted by molar-refractivity contribution is -0.0695. The highest BCUT2D eigenvalue weighted by Crippen LogP contribution is 2.22. The van der Waals surface area contributed by atoms with Crippen LogP contribution in [0.2, 0.25) is 0 Å². The van der Waals surface area contributed by atoms with E-state index in [-0.39, 0.29) is 0 Å². The van der Waals surface area contributed by atoms with Gasteiger partial charge < -0.3 is 10.1 Å². The van der Waals surface area contributed by atoms with E-state index in [0.717, 1.165) is 19.5 Å². The first kappa shape index (κ1) is 15.0. The molecule has 0 radical (unpaired) electrons. The molecule has 0 amide bonds. The summed E-state index contributed by atoms with van der Waals surface area (Å²) in [5.41, 5.74) is 1.44. The minimum absolute atomic E-state index is 0.338.